The minimum absolute atomic E-state index is 0.168. The number of halogens is 3. The van der Waals surface area contributed by atoms with Crippen LogP contribution in [0.15, 0.2) is 12.1 Å². The highest BCUT2D eigenvalue weighted by atomic mass is 19.4. The summed E-state index contributed by atoms with van der Waals surface area (Å²) in [4.78, 5) is 0. The van der Waals surface area contributed by atoms with Crippen molar-refractivity contribution < 1.29 is 22.6 Å². The molecule has 1 aromatic rings. The van der Waals surface area contributed by atoms with Crippen LogP contribution in [0.5, 0.6) is 11.5 Å². The monoisotopic (exact) mass is 275 g/mol. The summed E-state index contributed by atoms with van der Waals surface area (Å²) < 4.78 is 49.6. The third-order valence-corrected chi connectivity index (χ3v) is 2.92. The van der Waals surface area contributed by atoms with Gasteiger partial charge in [-0.15, -0.1) is 0 Å². The zero-order chi connectivity index (χ0) is 13.9. The van der Waals surface area contributed by atoms with Crippen molar-refractivity contribution in [3.63, 3.8) is 0 Å². The first-order valence-corrected chi connectivity index (χ1v) is 6.17. The molecule has 0 bridgehead atoms. The number of hydrogen-bond acceptors (Lipinski definition) is 3. The van der Waals surface area contributed by atoms with Gasteiger partial charge in [0.1, 0.15) is 5.56 Å². The minimum Gasteiger partial charge on any atom is -0.489 e. The van der Waals surface area contributed by atoms with Crippen molar-refractivity contribution in [2.24, 2.45) is 0 Å². The van der Waals surface area contributed by atoms with Crippen LogP contribution in [0, 0.1) is 0 Å². The van der Waals surface area contributed by atoms with Crippen LogP contribution in [0.2, 0.25) is 0 Å². The van der Waals surface area contributed by atoms with Crippen LogP contribution in [0.4, 0.5) is 13.2 Å². The SMILES string of the molecule is CNCCc1ccc(C(F)(F)F)c2c1OCCCO2. The Kier molecular flexibility index (Phi) is 4.19. The maximum Gasteiger partial charge on any atom is 0.420 e. The molecule has 6 heteroatoms. The molecule has 0 spiro atoms. The second-order valence-corrected chi connectivity index (χ2v) is 4.33. The van der Waals surface area contributed by atoms with Gasteiger partial charge in [-0.3, -0.25) is 0 Å². The molecule has 1 aliphatic rings. The van der Waals surface area contributed by atoms with Crippen molar-refractivity contribution >= 4 is 0 Å². The highest BCUT2D eigenvalue weighted by Gasteiger charge is 2.37. The number of hydrogen-bond donors (Lipinski definition) is 1. The highest BCUT2D eigenvalue weighted by Crippen LogP contribution is 2.44. The van der Waals surface area contributed by atoms with Crippen LogP contribution in [0.1, 0.15) is 17.5 Å². The predicted molar refractivity (Wildman–Crippen MR) is 64.7 cm³/mol. The Morgan fingerprint density at radius 1 is 1.16 bits per heavy atom. The fourth-order valence-corrected chi connectivity index (χ4v) is 1.99. The summed E-state index contributed by atoms with van der Waals surface area (Å²) in [5.74, 6) is 0.0705. The van der Waals surface area contributed by atoms with E-state index in [0.29, 0.717) is 26.0 Å². The Hall–Kier alpha value is -1.43. The third kappa shape index (κ3) is 3.12. The molecule has 3 nitrogen and oxygen atoms in total. The average Bonchev–Trinajstić information content (AvgIpc) is 2.60. The summed E-state index contributed by atoms with van der Waals surface area (Å²) >= 11 is 0. The smallest absolute Gasteiger partial charge is 0.420 e. The molecule has 1 aromatic carbocycles. The van der Waals surface area contributed by atoms with Gasteiger partial charge in [-0.25, -0.2) is 0 Å². The first-order chi connectivity index (χ1) is 9.04. The molecular weight excluding hydrogens is 259 g/mol. The van der Waals surface area contributed by atoms with Gasteiger partial charge >= 0.3 is 6.18 Å². The van der Waals surface area contributed by atoms with E-state index in [2.05, 4.69) is 5.32 Å². The Morgan fingerprint density at radius 2 is 1.84 bits per heavy atom. The first kappa shape index (κ1) is 14.0. The molecular formula is C13H16F3NO2. The van der Waals surface area contributed by atoms with E-state index < -0.39 is 11.7 Å². The van der Waals surface area contributed by atoms with E-state index in [1.54, 1.807) is 7.05 Å². The number of benzene rings is 1. The van der Waals surface area contributed by atoms with E-state index in [9.17, 15) is 13.2 Å². The molecule has 2 rings (SSSR count). The summed E-state index contributed by atoms with van der Waals surface area (Å²) in [5.41, 5.74) is -0.0307. The standard InChI is InChI=1S/C13H16F3NO2/c1-17-6-5-9-3-4-10(13(14,15)16)12-11(9)18-7-2-8-19-12/h3-4,17H,2,5-8H2,1H3. The fourth-order valence-electron chi connectivity index (χ4n) is 1.99. The van der Waals surface area contributed by atoms with Crippen LogP contribution < -0.4 is 14.8 Å². The molecule has 19 heavy (non-hydrogen) atoms. The van der Waals surface area contributed by atoms with E-state index in [0.717, 1.165) is 11.6 Å². The van der Waals surface area contributed by atoms with Gasteiger partial charge < -0.3 is 14.8 Å². The second-order valence-electron chi connectivity index (χ2n) is 4.33. The number of rotatable bonds is 3. The fraction of sp³-hybridized carbons (Fsp3) is 0.538. The molecule has 106 valence electrons. The molecule has 0 aromatic heterocycles. The number of nitrogens with one attached hydrogen (secondary N) is 1. The van der Waals surface area contributed by atoms with Crippen molar-refractivity contribution in [2.45, 2.75) is 19.0 Å². The number of ether oxygens (including phenoxy) is 2. The van der Waals surface area contributed by atoms with Gasteiger partial charge in [0.05, 0.1) is 13.2 Å². The zero-order valence-electron chi connectivity index (χ0n) is 10.6. The molecule has 0 aliphatic carbocycles. The van der Waals surface area contributed by atoms with Gasteiger partial charge in [0.25, 0.3) is 0 Å². The summed E-state index contributed by atoms with van der Waals surface area (Å²) in [5, 5.41) is 2.96. The quantitative estimate of drug-likeness (QED) is 0.920. The molecule has 0 atom stereocenters. The molecule has 1 N–H and O–H groups in total. The van der Waals surface area contributed by atoms with Gasteiger partial charge in [0, 0.05) is 6.42 Å². The van der Waals surface area contributed by atoms with Gasteiger partial charge in [-0.1, -0.05) is 6.07 Å². The lowest BCUT2D eigenvalue weighted by Gasteiger charge is -2.17. The van der Waals surface area contributed by atoms with Gasteiger partial charge in [0.15, 0.2) is 11.5 Å². The molecule has 1 heterocycles. The van der Waals surface area contributed by atoms with Crippen LogP contribution >= 0.6 is 0 Å². The zero-order valence-corrected chi connectivity index (χ0v) is 10.6. The number of likely N-dealkylation sites (N-methyl/N-ethyl adjacent to an activating group) is 1. The van der Waals surface area contributed by atoms with Crippen molar-refractivity contribution in [3.8, 4) is 11.5 Å². The summed E-state index contributed by atoms with van der Waals surface area (Å²) in [7, 11) is 1.79. The number of fused-ring (bicyclic) bond motifs is 1. The van der Waals surface area contributed by atoms with Crippen molar-refractivity contribution in [2.75, 3.05) is 26.8 Å². The predicted octanol–water partition coefficient (Wildman–Crippen LogP) is 2.63. The maximum atomic E-state index is 12.9. The Labute approximate surface area is 109 Å². The van der Waals surface area contributed by atoms with Crippen LogP contribution in [0.25, 0.3) is 0 Å². The van der Waals surface area contributed by atoms with E-state index in [1.165, 1.54) is 6.07 Å². The Bertz CT molecular complexity index is 446. The van der Waals surface area contributed by atoms with E-state index >= 15 is 0 Å². The second kappa shape index (κ2) is 5.69. The highest BCUT2D eigenvalue weighted by molar-refractivity contribution is 5.53. The van der Waals surface area contributed by atoms with Crippen LogP contribution in [-0.2, 0) is 12.6 Å². The normalized spacial score (nSPS) is 15.2. The van der Waals surface area contributed by atoms with E-state index in [4.69, 9.17) is 9.47 Å². The summed E-state index contributed by atoms with van der Waals surface area (Å²) in [6.45, 7) is 1.29. The minimum atomic E-state index is -4.43. The van der Waals surface area contributed by atoms with Gasteiger partial charge in [-0.2, -0.15) is 13.2 Å². The lowest BCUT2D eigenvalue weighted by molar-refractivity contribution is -0.139. The van der Waals surface area contributed by atoms with E-state index in [1.807, 2.05) is 0 Å². The molecule has 0 radical (unpaired) electrons. The lowest BCUT2D eigenvalue weighted by Crippen LogP contribution is -2.13. The van der Waals surface area contributed by atoms with Gasteiger partial charge in [0.2, 0.25) is 0 Å². The molecule has 0 amide bonds. The van der Waals surface area contributed by atoms with E-state index in [-0.39, 0.29) is 18.1 Å². The maximum absolute atomic E-state index is 12.9. The molecule has 0 fully saturated rings. The average molecular weight is 275 g/mol. The largest absolute Gasteiger partial charge is 0.489 e. The Morgan fingerprint density at radius 3 is 2.47 bits per heavy atom. The van der Waals surface area contributed by atoms with Crippen molar-refractivity contribution in [1.82, 2.24) is 5.32 Å². The lowest BCUT2D eigenvalue weighted by atomic mass is 10.1. The Balaban J connectivity index is 2.45. The number of alkyl halides is 3. The van der Waals surface area contributed by atoms with Crippen LogP contribution in [0.3, 0.4) is 0 Å². The molecule has 0 unspecified atom stereocenters. The van der Waals surface area contributed by atoms with Crippen molar-refractivity contribution in [3.05, 3.63) is 23.3 Å². The topological polar surface area (TPSA) is 30.5 Å². The molecule has 0 saturated heterocycles. The third-order valence-electron chi connectivity index (χ3n) is 2.92. The molecule has 0 saturated carbocycles. The molecule has 1 aliphatic heterocycles. The summed E-state index contributed by atoms with van der Waals surface area (Å²) in [6.07, 6.45) is -3.25. The van der Waals surface area contributed by atoms with Crippen molar-refractivity contribution in [1.29, 1.82) is 0 Å². The van der Waals surface area contributed by atoms with Gasteiger partial charge in [-0.05, 0) is 31.6 Å². The summed E-state index contributed by atoms with van der Waals surface area (Å²) in [6, 6.07) is 2.53. The van der Waals surface area contributed by atoms with Crippen LogP contribution in [-0.4, -0.2) is 26.8 Å². The first-order valence-electron chi connectivity index (χ1n) is 6.17.